The van der Waals surface area contributed by atoms with Gasteiger partial charge in [-0.1, -0.05) is 36.4 Å². The lowest BCUT2D eigenvalue weighted by Gasteiger charge is -1.80. The monoisotopic (exact) mass is 204 g/mol. The second-order valence-electron chi connectivity index (χ2n) is 2.23. The molecule has 0 aromatic heterocycles. The molecule has 3 heteroatoms. The first-order valence-corrected chi connectivity index (χ1v) is 4.23. The van der Waals surface area contributed by atoms with E-state index < -0.39 is 11.9 Å². The summed E-state index contributed by atoms with van der Waals surface area (Å²) in [6, 6.07) is 12.0. The zero-order valence-corrected chi connectivity index (χ0v) is 8.26. The van der Waals surface area contributed by atoms with Gasteiger partial charge in [-0.3, -0.25) is 0 Å². The summed E-state index contributed by atoms with van der Waals surface area (Å²) < 4.78 is 3.97. The summed E-state index contributed by atoms with van der Waals surface area (Å²) in [5.41, 5.74) is 0. The third kappa shape index (κ3) is 6.95. The zero-order chi connectivity index (χ0) is 11.5. The van der Waals surface area contributed by atoms with E-state index in [1.165, 1.54) is 0 Å². The second-order valence-corrected chi connectivity index (χ2v) is 2.23. The van der Waals surface area contributed by atoms with Crippen LogP contribution in [-0.4, -0.2) is 11.9 Å². The number of esters is 2. The predicted octanol–water partition coefficient (Wildman–Crippen LogP) is 2.11. The van der Waals surface area contributed by atoms with Crippen LogP contribution in [0.25, 0.3) is 0 Å². The quantitative estimate of drug-likeness (QED) is 0.369. The average Bonchev–Trinajstić information content (AvgIpc) is 2.69. The van der Waals surface area contributed by atoms with E-state index in [4.69, 9.17) is 0 Å². The number of carbonyl (C=O) groups is 2. The maximum Gasteiger partial charge on any atom is 0.338 e. The maximum absolute atomic E-state index is 9.92. The summed E-state index contributed by atoms with van der Waals surface area (Å²) in [5, 5.41) is 0. The summed E-state index contributed by atoms with van der Waals surface area (Å²) in [7, 11) is 0. The molecule has 0 aliphatic carbocycles. The summed E-state index contributed by atoms with van der Waals surface area (Å²) in [5.74, 6) is -1.16. The Morgan fingerprint density at radius 2 is 1.00 bits per heavy atom. The molecule has 2 rings (SSSR count). The largest absolute Gasteiger partial charge is 0.387 e. The number of carbonyl (C=O) groups excluding carboxylic acids is 2. The Balaban J connectivity index is 0.000000227. The van der Waals surface area contributed by atoms with Gasteiger partial charge in [0, 0.05) is 12.2 Å². The standard InChI is InChI=1S/C6H6.C4H2O3.C2H4/c1-2-4-6-5-3-1;5-3-1-2-4(6)7-3;1-2/h1-6H;1-2H;1-2H2. The SMILES string of the molecule is C=C.O=C1C=CC(=O)O1.c1ccccc1. The van der Waals surface area contributed by atoms with Crippen LogP contribution in [0, 0.1) is 0 Å². The van der Waals surface area contributed by atoms with Gasteiger partial charge in [0.1, 0.15) is 0 Å². The normalized spacial score (nSPS) is 11.7. The molecule has 0 unspecified atom stereocenters. The van der Waals surface area contributed by atoms with Crippen molar-refractivity contribution in [3.05, 3.63) is 61.7 Å². The molecule has 0 N–H and O–H groups in total. The van der Waals surface area contributed by atoms with Crippen molar-refractivity contribution in [1.82, 2.24) is 0 Å². The maximum atomic E-state index is 9.92. The number of cyclic esters (lactones) is 2. The van der Waals surface area contributed by atoms with Gasteiger partial charge in [-0.2, -0.15) is 0 Å². The minimum absolute atomic E-state index is 0.579. The van der Waals surface area contributed by atoms with Gasteiger partial charge in [-0.25, -0.2) is 9.59 Å². The fourth-order valence-corrected chi connectivity index (χ4v) is 0.688. The van der Waals surface area contributed by atoms with E-state index in [0.717, 1.165) is 12.2 Å². The highest BCUT2D eigenvalue weighted by atomic mass is 16.6. The predicted molar refractivity (Wildman–Crippen MR) is 57.9 cm³/mol. The molecular formula is C12H12O3. The molecule has 1 aromatic rings. The summed E-state index contributed by atoms with van der Waals surface area (Å²) in [6.07, 6.45) is 2.17. The molecule has 15 heavy (non-hydrogen) atoms. The summed E-state index contributed by atoms with van der Waals surface area (Å²) in [6.45, 7) is 6.00. The van der Waals surface area contributed by atoms with Crippen molar-refractivity contribution in [2.24, 2.45) is 0 Å². The van der Waals surface area contributed by atoms with Crippen molar-refractivity contribution in [2.45, 2.75) is 0 Å². The average molecular weight is 204 g/mol. The van der Waals surface area contributed by atoms with Crippen molar-refractivity contribution >= 4 is 11.9 Å². The van der Waals surface area contributed by atoms with Gasteiger partial charge in [0.15, 0.2) is 0 Å². The molecule has 1 aliphatic rings. The first-order chi connectivity index (χ1) is 7.29. The van der Waals surface area contributed by atoms with Crippen LogP contribution in [0.1, 0.15) is 0 Å². The van der Waals surface area contributed by atoms with E-state index in [1.54, 1.807) is 0 Å². The summed E-state index contributed by atoms with van der Waals surface area (Å²) >= 11 is 0. The number of hydrogen-bond donors (Lipinski definition) is 0. The first kappa shape index (κ1) is 12.8. The fourth-order valence-electron chi connectivity index (χ4n) is 0.688. The second kappa shape index (κ2) is 8.44. The minimum atomic E-state index is -0.579. The Labute approximate surface area is 88.7 Å². The molecule has 1 aromatic carbocycles. The van der Waals surface area contributed by atoms with E-state index in [9.17, 15) is 9.59 Å². The number of rotatable bonds is 0. The molecule has 0 bridgehead atoms. The van der Waals surface area contributed by atoms with Gasteiger partial charge in [-0.05, 0) is 0 Å². The van der Waals surface area contributed by atoms with Gasteiger partial charge < -0.3 is 4.74 Å². The van der Waals surface area contributed by atoms with Crippen LogP contribution in [0.15, 0.2) is 61.7 Å². The molecule has 0 saturated heterocycles. The van der Waals surface area contributed by atoms with E-state index in [1.807, 2.05) is 36.4 Å². The molecule has 1 heterocycles. The third-order valence-electron chi connectivity index (χ3n) is 1.22. The Hall–Kier alpha value is -2.16. The smallest absolute Gasteiger partial charge is 0.338 e. The Bertz CT molecular complexity index is 285. The van der Waals surface area contributed by atoms with E-state index >= 15 is 0 Å². The molecule has 0 radical (unpaired) electrons. The van der Waals surface area contributed by atoms with Gasteiger partial charge >= 0.3 is 11.9 Å². The van der Waals surface area contributed by atoms with Crippen molar-refractivity contribution in [3.8, 4) is 0 Å². The lowest BCUT2D eigenvalue weighted by molar-refractivity contribution is -0.150. The Morgan fingerprint density at radius 1 is 0.733 bits per heavy atom. The van der Waals surface area contributed by atoms with Crippen LogP contribution >= 0.6 is 0 Å². The molecule has 0 amide bonds. The van der Waals surface area contributed by atoms with Crippen LogP contribution in [0.5, 0.6) is 0 Å². The Morgan fingerprint density at radius 3 is 1.13 bits per heavy atom. The number of ether oxygens (including phenoxy) is 1. The number of hydrogen-bond acceptors (Lipinski definition) is 3. The topological polar surface area (TPSA) is 43.4 Å². The van der Waals surface area contributed by atoms with Crippen LogP contribution < -0.4 is 0 Å². The molecule has 3 nitrogen and oxygen atoms in total. The third-order valence-corrected chi connectivity index (χ3v) is 1.22. The van der Waals surface area contributed by atoms with Crippen molar-refractivity contribution < 1.29 is 14.3 Å². The van der Waals surface area contributed by atoms with E-state index in [2.05, 4.69) is 17.9 Å². The van der Waals surface area contributed by atoms with Crippen molar-refractivity contribution in [3.63, 3.8) is 0 Å². The highest BCUT2D eigenvalue weighted by molar-refractivity contribution is 6.04. The highest BCUT2D eigenvalue weighted by Gasteiger charge is 2.10. The van der Waals surface area contributed by atoms with Crippen LogP contribution in [0.3, 0.4) is 0 Å². The molecule has 78 valence electrons. The zero-order valence-electron chi connectivity index (χ0n) is 8.26. The van der Waals surface area contributed by atoms with Crippen LogP contribution in [0.2, 0.25) is 0 Å². The minimum Gasteiger partial charge on any atom is -0.387 e. The molecule has 1 aliphatic heterocycles. The lowest BCUT2D eigenvalue weighted by Crippen LogP contribution is -1.96. The van der Waals surface area contributed by atoms with Crippen molar-refractivity contribution in [2.75, 3.05) is 0 Å². The van der Waals surface area contributed by atoms with Gasteiger partial charge in [0.2, 0.25) is 0 Å². The van der Waals surface area contributed by atoms with Gasteiger partial charge in [-0.15, -0.1) is 13.2 Å². The van der Waals surface area contributed by atoms with Gasteiger partial charge in [0.25, 0.3) is 0 Å². The van der Waals surface area contributed by atoms with E-state index in [0.29, 0.717) is 0 Å². The molecule has 0 fully saturated rings. The highest BCUT2D eigenvalue weighted by Crippen LogP contribution is 1.92. The molecule has 0 saturated carbocycles. The number of benzene rings is 1. The van der Waals surface area contributed by atoms with Crippen molar-refractivity contribution in [1.29, 1.82) is 0 Å². The van der Waals surface area contributed by atoms with Crippen LogP contribution in [-0.2, 0) is 14.3 Å². The molecular weight excluding hydrogens is 192 g/mol. The van der Waals surface area contributed by atoms with Crippen LogP contribution in [0.4, 0.5) is 0 Å². The van der Waals surface area contributed by atoms with Gasteiger partial charge in [0.05, 0.1) is 0 Å². The molecule has 0 atom stereocenters. The lowest BCUT2D eigenvalue weighted by atomic mass is 10.4. The first-order valence-electron chi connectivity index (χ1n) is 4.23. The summed E-state index contributed by atoms with van der Waals surface area (Å²) in [4.78, 5) is 19.8. The fraction of sp³-hybridized carbons (Fsp3) is 0. The molecule has 0 spiro atoms. The Kier molecular flexibility index (Phi) is 7.22. The van der Waals surface area contributed by atoms with E-state index in [-0.39, 0.29) is 0 Å².